The van der Waals surface area contributed by atoms with Crippen molar-refractivity contribution in [1.82, 2.24) is 5.32 Å². The topological polar surface area (TPSA) is 12.0 Å². The minimum absolute atomic E-state index is 0.593. The second-order valence-electron chi connectivity index (χ2n) is 5.04. The summed E-state index contributed by atoms with van der Waals surface area (Å²) in [6, 6.07) is 4.27. The molecule has 1 N–H and O–H groups in total. The van der Waals surface area contributed by atoms with Crippen molar-refractivity contribution in [3.05, 3.63) is 26.4 Å². The molecule has 0 aromatic carbocycles. The van der Waals surface area contributed by atoms with Gasteiger partial charge in [0.1, 0.15) is 0 Å². The molecule has 1 rings (SSSR count). The van der Waals surface area contributed by atoms with Gasteiger partial charge in [-0.2, -0.15) is 0 Å². The number of nitrogens with one attached hydrogen (secondary N) is 1. The average Bonchev–Trinajstić information content (AvgIpc) is 2.62. The summed E-state index contributed by atoms with van der Waals surface area (Å²) >= 11 is 5.29. The van der Waals surface area contributed by atoms with Gasteiger partial charge < -0.3 is 5.32 Å². The Labute approximate surface area is 117 Å². The molecule has 96 valence electrons. The summed E-state index contributed by atoms with van der Waals surface area (Å²) in [7, 11) is 0. The summed E-state index contributed by atoms with van der Waals surface area (Å²) in [6.45, 7) is 11.1. The second kappa shape index (κ2) is 7.34. The van der Waals surface area contributed by atoms with Gasteiger partial charge in [-0.3, -0.25) is 0 Å². The first-order valence-corrected chi connectivity index (χ1v) is 7.76. The first-order valence-electron chi connectivity index (χ1n) is 6.15. The summed E-state index contributed by atoms with van der Waals surface area (Å²) in [4.78, 5) is 1.33. The van der Waals surface area contributed by atoms with Crippen molar-refractivity contribution in [3.8, 4) is 0 Å². The van der Waals surface area contributed by atoms with Gasteiger partial charge in [0.15, 0.2) is 0 Å². The van der Waals surface area contributed by atoms with Crippen LogP contribution >= 0.6 is 27.3 Å². The lowest BCUT2D eigenvalue weighted by Gasteiger charge is -2.13. The largest absolute Gasteiger partial charge is 0.313 e. The molecule has 1 aromatic heterocycles. The highest BCUT2D eigenvalue weighted by atomic mass is 79.9. The Bertz CT molecular complexity index is 366. The van der Waals surface area contributed by atoms with Crippen molar-refractivity contribution in [3.63, 3.8) is 0 Å². The molecule has 0 unspecified atom stereocenters. The van der Waals surface area contributed by atoms with E-state index in [-0.39, 0.29) is 0 Å². The lowest BCUT2D eigenvalue weighted by molar-refractivity contribution is 0.558. The van der Waals surface area contributed by atoms with Gasteiger partial charge in [-0.15, -0.1) is 11.3 Å². The van der Waals surface area contributed by atoms with Gasteiger partial charge in [0.25, 0.3) is 0 Å². The van der Waals surface area contributed by atoms with Crippen LogP contribution in [0.2, 0.25) is 0 Å². The molecule has 0 aliphatic rings. The summed E-state index contributed by atoms with van der Waals surface area (Å²) in [5, 5.41) is 3.52. The highest BCUT2D eigenvalue weighted by Crippen LogP contribution is 2.25. The van der Waals surface area contributed by atoms with Gasteiger partial charge in [-0.1, -0.05) is 33.3 Å². The van der Waals surface area contributed by atoms with E-state index in [1.54, 1.807) is 11.3 Å². The van der Waals surface area contributed by atoms with E-state index in [1.165, 1.54) is 14.2 Å². The number of thiophene rings is 1. The van der Waals surface area contributed by atoms with Crippen molar-refractivity contribution < 1.29 is 0 Å². The van der Waals surface area contributed by atoms with E-state index < -0.39 is 0 Å². The molecule has 0 saturated heterocycles. The van der Waals surface area contributed by atoms with Crippen LogP contribution in [0.1, 0.15) is 32.6 Å². The fourth-order valence-electron chi connectivity index (χ4n) is 1.52. The van der Waals surface area contributed by atoms with E-state index in [2.05, 4.69) is 67.2 Å². The van der Waals surface area contributed by atoms with E-state index in [0.717, 1.165) is 13.1 Å². The van der Waals surface area contributed by atoms with Crippen LogP contribution in [0.3, 0.4) is 0 Å². The first kappa shape index (κ1) is 14.9. The van der Waals surface area contributed by atoms with Gasteiger partial charge in [-0.25, -0.2) is 0 Å². The SMILES string of the molecule is CC(C)CNCC(=Cc1ccc(Br)s1)C(C)C. The highest BCUT2D eigenvalue weighted by molar-refractivity contribution is 9.11. The van der Waals surface area contributed by atoms with Gasteiger partial charge in [0, 0.05) is 11.4 Å². The van der Waals surface area contributed by atoms with Gasteiger partial charge in [0.05, 0.1) is 3.79 Å². The van der Waals surface area contributed by atoms with E-state index in [1.807, 2.05) is 0 Å². The quantitative estimate of drug-likeness (QED) is 0.795. The van der Waals surface area contributed by atoms with E-state index >= 15 is 0 Å². The molecule has 1 nitrogen and oxygen atoms in total. The van der Waals surface area contributed by atoms with Gasteiger partial charge in [0.2, 0.25) is 0 Å². The van der Waals surface area contributed by atoms with Crippen LogP contribution in [0.5, 0.6) is 0 Å². The normalized spacial score (nSPS) is 12.8. The molecule has 0 aliphatic heterocycles. The minimum atomic E-state index is 0.593. The summed E-state index contributed by atoms with van der Waals surface area (Å²) in [6.07, 6.45) is 2.31. The predicted octanol–water partition coefficient (Wildman–Crippen LogP) is 4.80. The Morgan fingerprint density at radius 2 is 2.06 bits per heavy atom. The molecule has 0 radical (unpaired) electrons. The third kappa shape index (κ3) is 5.84. The maximum absolute atomic E-state index is 3.52. The van der Waals surface area contributed by atoms with E-state index in [4.69, 9.17) is 0 Å². The zero-order valence-electron chi connectivity index (χ0n) is 11.1. The molecule has 0 amide bonds. The molecular weight excluding hydrogens is 294 g/mol. The Hall–Kier alpha value is -0.120. The molecule has 0 fully saturated rings. The number of rotatable bonds is 6. The third-order valence-electron chi connectivity index (χ3n) is 2.54. The molecule has 1 aromatic rings. The molecule has 0 spiro atoms. The lowest BCUT2D eigenvalue weighted by atomic mass is 10.0. The maximum Gasteiger partial charge on any atom is 0.0704 e. The van der Waals surface area contributed by atoms with E-state index in [9.17, 15) is 0 Å². The molecule has 17 heavy (non-hydrogen) atoms. The smallest absolute Gasteiger partial charge is 0.0704 e. The Morgan fingerprint density at radius 3 is 2.53 bits per heavy atom. The first-order chi connectivity index (χ1) is 7.99. The molecule has 3 heteroatoms. The molecule has 1 heterocycles. The van der Waals surface area contributed by atoms with Crippen LogP contribution in [-0.4, -0.2) is 13.1 Å². The Kier molecular flexibility index (Phi) is 6.45. The number of halogens is 1. The molecular formula is C14H22BrNS. The third-order valence-corrected chi connectivity index (χ3v) is 4.12. The lowest BCUT2D eigenvalue weighted by Crippen LogP contribution is -2.23. The highest BCUT2D eigenvalue weighted by Gasteiger charge is 2.05. The average molecular weight is 316 g/mol. The van der Waals surface area contributed by atoms with Gasteiger partial charge >= 0.3 is 0 Å². The van der Waals surface area contributed by atoms with Crippen molar-refractivity contribution in [2.75, 3.05) is 13.1 Å². The van der Waals surface area contributed by atoms with E-state index in [0.29, 0.717) is 11.8 Å². The number of hydrogen-bond acceptors (Lipinski definition) is 2. The van der Waals surface area contributed by atoms with Crippen molar-refractivity contribution in [1.29, 1.82) is 0 Å². The monoisotopic (exact) mass is 315 g/mol. The van der Waals surface area contributed by atoms with Crippen LogP contribution < -0.4 is 5.32 Å². The zero-order valence-corrected chi connectivity index (χ0v) is 13.5. The van der Waals surface area contributed by atoms with Gasteiger partial charge in [-0.05, 0) is 52.5 Å². The molecule has 0 saturated carbocycles. The molecule has 0 aliphatic carbocycles. The van der Waals surface area contributed by atoms with Crippen molar-refractivity contribution in [2.45, 2.75) is 27.7 Å². The maximum atomic E-state index is 3.52. The fourth-order valence-corrected chi connectivity index (χ4v) is 2.92. The van der Waals surface area contributed by atoms with Crippen LogP contribution in [0, 0.1) is 11.8 Å². The van der Waals surface area contributed by atoms with Crippen LogP contribution in [0.15, 0.2) is 21.5 Å². The minimum Gasteiger partial charge on any atom is -0.313 e. The summed E-state index contributed by atoms with van der Waals surface area (Å²) in [5.74, 6) is 1.30. The van der Waals surface area contributed by atoms with Crippen LogP contribution in [0.4, 0.5) is 0 Å². The standard InChI is InChI=1S/C14H22BrNS/c1-10(2)8-16-9-12(11(3)4)7-13-5-6-14(15)17-13/h5-7,10-11,16H,8-9H2,1-4H3. The summed E-state index contributed by atoms with van der Waals surface area (Å²) in [5.41, 5.74) is 1.47. The summed E-state index contributed by atoms with van der Waals surface area (Å²) < 4.78 is 1.20. The Balaban J connectivity index is 2.62. The Morgan fingerprint density at radius 1 is 1.35 bits per heavy atom. The number of hydrogen-bond donors (Lipinski definition) is 1. The molecule has 0 bridgehead atoms. The van der Waals surface area contributed by atoms with Crippen molar-refractivity contribution in [2.24, 2.45) is 11.8 Å². The zero-order chi connectivity index (χ0) is 12.8. The van der Waals surface area contributed by atoms with Crippen LogP contribution in [-0.2, 0) is 0 Å². The predicted molar refractivity (Wildman–Crippen MR) is 82.5 cm³/mol. The van der Waals surface area contributed by atoms with Crippen LogP contribution in [0.25, 0.3) is 6.08 Å². The fraction of sp³-hybridized carbons (Fsp3) is 0.571. The second-order valence-corrected chi connectivity index (χ2v) is 7.54. The van der Waals surface area contributed by atoms with Crippen molar-refractivity contribution >= 4 is 33.3 Å². The molecule has 0 atom stereocenters.